The van der Waals surface area contributed by atoms with Crippen molar-refractivity contribution in [1.82, 2.24) is 0 Å². The van der Waals surface area contributed by atoms with E-state index in [2.05, 4.69) is 4.74 Å². The first-order valence-corrected chi connectivity index (χ1v) is 4.64. The number of carbonyl (C=O) groups excluding carboxylic acids is 1. The Morgan fingerprint density at radius 3 is 2.81 bits per heavy atom. The molecule has 0 radical (unpaired) electrons. The van der Waals surface area contributed by atoms with Crippen molar-refractivity contribution < 1.29 is 14.6 Å². The molecule has 5 nitrogen and oxygen atoms in total. The van der Waals surface area contributed by atoms with Crippen LogP contribution in [0.2, 0.25) is 0 Å². The lowest BCUT2D eigenvalue weighted by Gasteiger charge is -2.07. The minimum absolute atomic E-state index is 0.0444. The van der Waals surface area contributed by atoms with Gasteiger partial charge in [0.1, 0.15) is 11.8 Å². The van der Waals surface area contributed by atoms with E-state index in [-0.39, 0.29) is 24.3 Å². The smallest absolute Gasteiger partial charge is 0.309 e. The third kappa shape index (κ3) is 2.49. The molecule has 5 heteroatoms. The second-order valence-corrected chi connectivity index (χ2v) is 3.22. The number of esters is 1. The van der Waals surface area contributed by atoms with Gasteiger partial charge in [0.15, 0.2) is 0 Å². The predicted molar refractivity (Wildman–Crippen MR) is 56.4 cm³/mol. The fraction of sp³-hybridized carbons (Fsp3) is 0.273. The monoisotopic (exact) mass is 220 g/mol. The molecule has 0 aliphatic carbocycles. The molecule has 0 heterocycles. The summed E-state index contributed by atoms with van der Waals surface area (Å²) in [6.45, 7) is 0.130. The van der Waals surface area contributed by atoms with Gasteiger partial charge >= 0.3 is 5.97 Å². The molecule has 0 aliphatic heterocycles. The van der Waals surface area contributed by atoms with Crippen LogP contribution in [0.1, 0.15) is 16.7 Å². The number of aromatic hydroxyl groups is 1. The third-order valence-corrected chi connectivity index (χ3v) is 2.17. The number of nitriles is 1. The standard InChI is InChI=1S/C11H12N2O3/c1-16-11(15)4-7-2-8(5-12)9(6-13)10(14)3-7/h2-3,14H,4-5,12H2,1H3. The first-order chi connectivity index (χ1) is 7.62. The molecule has 0 bridgehead atoms. The molecule has 1 rings (SSSR count). The van der Waals surface area contributed by atoms with Gasteiger partial charge in [-0.15, -0.1) is 0 Å². The number of methoxy groups -OCH3 is 1. The molecule has 0 aromatic heterocycles. The Hall–Kier alpha value is -2.06. The molecule has 0 saturated carbocycles. The number of phenols is 1. The van der Waals surface area contributed by atoms with Crippen LogP contribution >= 0.6 is 0 Å². The van der Waals surface area contributed by atoms with Gasteiger partial charge in [-0.05, 0) is 17.2 Å². The van der Waals surface area contributed by atoms with Crippen molar-refractivity contribution >= 4 is 5.97 Å². The molecular formula is C11H12N2O3. The minimum atomic E-state index is -0.410. The van der Waals surface area contributed by atoms with E-state index in [0.29, 0.717) is 11.1 Å². The minimum Gasteiger partial charge on any atom is -0.507 e. The Labute approximate surface area is 93.1 Å². The van der Waals surface area contributed by atoms with Crippen molar-refractivity contribution in [3.8, 4) is 11.8 Å². The highest BCUT2D eigenvalue weighted by molar-refractivity contribution is 5.73. The fourth-order valence-electron chi connectivity index (χ4n) is 1.38. The van der Waals surface area contributed by atoms with Crippen LogP contribution in [0.3, 0.4) is 0 Å². The number of nitrogens with zero attached hydrogens (tertiary/aromatic N) is 1. The van der Waals surface area contributed by atoms with Crippen LogP contribution in [-0.4, -0.2) is 18.2 Å². The van der Waals surface area contributed by atoms with E-state index in [1.165, 1.54) is 13.2 Å². The molecule has 0 aliphatic rings. The van der Waals surface area contributed by atoms with Gasteiger partial charge in [-0.3, -0.25) is 4.79 Å². The van der Waals surface area contributed by atoms with Gasteiger partial charge < -0.3 is 15.6 Å². The quantitative estimate of drug-likeness (QED) is 0.720. The molecule has 0 fully saturated rings. The normalized spacial score (nSPS) is 9.56. The number of nitrogens with two attached hydrogens (primary N) is 1. The van der Waals surface area contributed by atoms with Crippen molar-refractivity contribution in [2.75, 3.05) is 7.11 Å². The highest BCUT2D eigenvalue weighted by atomic mass is 16.5. The van der Waals surface area contributed by atoms with Crippen molar-refractivity contribution in [2.45, 2.75) is 13.0 Å². The Morgan fingerprint density at radius 1 is 1.62 bits per heavy atom. The summed E-state index contributed by atoms with van der Waals surface area (Å²) in [6, 6.07) is 4.85. The molecule has 0 spiro atoms. The van der Waals surface area contributed by atoms with Crippen LogP contribution in [0.4, 0.5) is 0 Å². The summed E-state index contributed by atoms with van der Waals surface area (Å²) < 4.78 is 4.51. The van der Waals surface area contributed by atoms with Gasteiger partial charge in [-0.25, -0.2) is 0 Å². The van der Waals surface area contributed by atoms with Gasteiger partial charge in [-0.2, -0.15) is 5.26 Å². The number of hydrogen-bond acceptors (Lipinski definition) is 5. The number of ether oxygens (including phenoxy) is 1. The van der Waals surface area contributed by atoms with E-state index in [4.69, 9.17) is 11.0 Å². The Kier molecular flexibility index (Phi) is 3.86. The first kappa shape index (κ1) is 12.0. The summed E-state index contributed by atoms with van der Waals surface area (Å²) in [7, 11) is 1.29. The maximum atomic E-state index is 11.0. The number of benzene rings is 1. The summed E-state index contributed by atoms with van der Waals surface area (Å²) in [5.74, 6) is -0.573. The molecular weight excluding hydrogens is 208 g/mol. The first-order valence-electron chi connectivity index (χ1n) is 4.64. The van der Waals surface area contributed by atoms with Gasteiger partial charge in [0.05, 0.1) is 19.1 Å². The molecule has 3 N–H and O–H groups in total. The van der Waals surface area contributed by atoms with Crippen molar-refractivity contribution in [3.63, 3.8) is 0 Å². The molecule has 0 unspecified atom stereocenters. The third-order valence-electron chi connectivity index (χ3n) is 2.17. The summed E-state index contributed by atoms with van der Waals surface area (Å²) in [5.41, 5.74) is 6.69. The zero-order chi connectivity index (χ0) is 12.1. The number of rotatable bonds is 3. The molecule has 84 valence electrons. The lowest BCUT2D eigenvalue weighted by molar-refractivity contribution is -0.139. The van der Waals surface area contributed by atoms with Gasteiger partial charge in [-0.1, -0.05) is 6.07 Å². The molecule has 16 heavy (non-hydrogen) atoms. The van der Waals surface area contributed by atoms with Gasteiger partial charge in [0, 0.05) is 6.54 Å². The highest BCUT2D eigenvalue weighted by Gasteiger charge is 2.11. The van der Waals surface area contributed by atoms with Gasteiger partial charge in [0.25, 0.3) is 0 Å². The summed E-state index contributed by atoms with van der Waals surface area (Å²) in [6.07, 6.45) is 0.0444. The zero-order valence-corrected chi connectivity index (χ0v) is 8.86. The maximum Gasteiger partial charge on any atom is 0.309 e. The summed E-state index contributed by atoms with van der Waals surface area (Å²) in [5, 5.41) is 18.4. The van der Waals surface area contributed by atoms with E-state index in [0.717, 1.165) is 0 Å². The van der Waals surface area contributed by atoms with E-state index >= 15 is 0 Å². The van der Waals surface area contributed by atoms with Crippen LogP contribution in [-0.2, 0) is 22.5 Å². The van der Waals surface area contributed by atoms with Crippen LogP contribution in [0, 0.1) is 11.3 Å². The van der Waals surface area contributed by atoms with E-state index in [9.17, 15) is 9.90 Å². The number of phenolic OH excluding ortho intramolecular Hbond substituents is 1. The van der Waals surface area contributed by atoms with Crippen LogP contribution < -0.4 is 5.73 Å². The molecule has 0 amide bonds. The van der Waals surface area contributed by atoms with Crippen LogP contribution in [0.5, 0.6) is 5.75 Å². The average Bonchev–Trinajstić information content (AvgIpc) is 2.28. The van der Waals surface area contributed by atoms with E-state index in [1.807, 2.05) is 6.07 Å². The Morgan fingerprint density at radius 2 is 2.31 bits per heavy atom. The SMILES string of the molecule is COC(=O)Cc1cc(O)c(C#N)c(CN)c1. The lowest BCUT2D eigenvalue weighted by atomic mass is 10.0. The summed E-state index contributed by atoms with van der Waals surface area (Å²) >= 11 is 0. The Balaban J connectivity index is 3.11. The Bertz CT molecular complexity index is 449. The van der Waals surface area contributed by atoms with E-state index < -0.39 is 5.97 Å². The molecule has 0 saturated heterocycles. The highest BCUT2D eigenvalue weighted by Crippen LogP contribution is 2.23. The van der Waals surface area contributed by atoms with Crippen molar-refractivity contribution in [2.24, 2.45) is 5.73 Å². The largest absolute Gasteiger partial charge is 0.507 e. The fourth-order valence-corrected chi connectivity index (χ4v) is 1.38. The molecule has 1 aromatic carbocycles. The maximum absolute atomic E-state index is 11.0. The second kappa shape index (κ2) is 5.14. The molecule has 0 atom stereocenters. The van der Waals surface area contributed by atoms with Crippen molar-refractivity contribution in [3.05, 3.63) is 28.8 Å². The number of hydrogen-bond donors (Lipinski definition) is 2. The van der Waals surface area contributed by atoms with Crippen LogP contribution in [0.25, 0.3) is 0 Å². The van der Waals surface area contributed by atoms with Crippen LogP contribution in [0.15, 0.2) is 12.1 Å². The molecule has 1 aromatic rings. The number of carbonyl (C=O) groups is 1. The van der Waals surface area contributed by atoms with E-state index in [1.54, 1.807) is 6.07 Å². The van der Waals surface area contributed by atoms with Crippen molar-refractivity contribution in [1.29, 1.82) is 5.26 Å². The average molecular weight is 220 g/mol. The lowest BCUT2D eigenvalue weighted by Crippen LogP contribution is -2.07. The second-order valence-electron chi connectivity index (χ2n) is 3.22. The zero-order valence-electron chi connectivity index (χ0n) is 8.86. The topological polar surface area (TPSA) is 96.3 Å². The predicted octanol–water partition coefficient (Wildman–Crippen LogP) is 0.438. The van der Waals surface area contributed by atoms with Gasteiger partial charge in [0.2, 0.25) is 0 Å². The summed E-state index contributed by atoms with van der Waals surface area (Å²) in [4.78, 5) is 11.0.